The Balaban J connectivity index is 1.72. The molecule has 0 aliphatic carbocycles. The van der Waals surface area contributed by atoms with Crippen LogP contribution in [0.25, 0.3) is 0 Å². The molecule has 0 radical (unpaired) electrons. The molecule has 61 heavy (non-hydrogen) atoms. The van der Waals surface area contributed by atoms with Gasteiger partial charge in [-0.1, -0.05) is 62.7 Å². The van der Waals surface area contributed by atoms with E-state index in [-0.39, 0.29) is 25.0 Å². The average Bonchev–Trinajstić information content (AvgIpc) is 3.74. The summed E-state index contributed by atoms with van der Waals surface area (Å²) >= 11 is 0. The first kappa shape index (κ1) is 48.5. The highest BCUT2D eigenvalue weighted by Gasteiger charge is 2.35. The van der Waals surface area contributed by atoms with Gasteiger partial charge >= 0.3 is 5.97 Å². The van der Waals surface area contributed by atoms with Crippen molar-refractivity contribution in [3.63, 3.8) is 0 Å². The van der Waals surface area contributed by atoms with Crippen molar-refractivity contribution in [3.8, 4) is 5.75 Å². The lowest BCUT2D eigenvalue weighted by molar-refractivity contribution is -0.142. The number of carboxylic acid groups (broad SMARTS) is 1. The number of aromatic hydroxyl groups is 1. The second kappa shape index (κ2) is 23.7. The number of H-pyrrole nitrogens is 1. The number of primary amides is 1. The van der Waals surface area contributed by atoms with Crippen LogP contribution in [0.3, 0.4) is 0 Å². The van der Waals surface area contributed by atoms with Crippen molar-refractivity contribution in [3.05, 3.63) is 83.9 Å². The minimum Gasteiger partial charge on any atom is -0.508 e. The molecular weight excluding hydrogens is 796 g/mol. The maximum atomic E-state index is 13.7. The summed E-state index contributed by atoms with van der Waals surface area (Å²) in [6.45, 7) is 3.76. The number of aliphatic carboxylic acids is 1. The Bertz CT molecular complexity index is 1960. The number of phenols is 1. The number of nitrogens with one attached hydrogen (secondary N) is 7. The van der Waals surface area contributed by atoms with Crippen molar-refractivity contribution < 1.29 is 53.7 Å². The van der Waals surface area contributed by atoms with Crippen LogP contribution < -0.4 is 43.4 Å². The number of carbonyl (C=O) groups excluding carboxylic acids is 7. The smallest absolute Gasteiger partial charge is 0.326 e. The van der Waals surface area contributed by atoms with Gasteiger partial charge in [-0.25, -0.2) is 9.78 Å². The summed E-state index contributed by atoms with van der Waals surface area (Å²) in [4.78, 5) is 111. The van der Waals surface area contributed by atoms with Gasteiger partial charge < -0.3 is 63.7 Å². The highest BCUT2D eigenvalue weighted by molar-refractivity contribution is 5.98. The van der Waals surface area contributed by atoms with Crippen LogP contribution in [0.4, 0.5) is 0 Å². The molecule has 0 spiro atoms. The topological polar surface area (TPSA) is 350 Å². The number of aliphatic hydroxyl groups is 1. The molecule has 330 valence electrons. The molecule has 0 bridgehead atoms. The molecule has 21 nitrogen and oxygen atoms in total. The Labute approximate surface area is 351 Å². The fourth-order valence-corrected chi connectivity index (χ4v) is 5.90. The Morgan fingerprint density at radius 2 is 1.26 bits per heavy atom. The highest BCUT2D eigenvalue weighted by atomic mass is 16.4. The van der Waals surface area contributed by atoms with E-state index >= 15 is 0 Å². The Kier molecular flexibility index (Phi) is 18.8. The number of phenolic OH excluding ortho intramolecular Hbond substituents is 1. The molecule has 3 aromatic rings. The average molecular weight is 851 g/mol. The number of carboxylic acids is 1. The van der Waals surface area contributed by atoms with E-state index in [4.69, 9.17) is 11.5 Å². The van der Waals surface area contributed by atoms with E-state index in [1.54, 1.807) is 38.1 Å². The van der Waals surface area contributed by atoms with Gasteiger partial charge in [0, 0.05) is 24.7 Å². The molecule has 7 amide bonds. The third-order valence-corrected chi connectivity index (χ3v) is 9.64. The van der Waals surface area contributed by atoms with Crippen molar-refractivity contribution in [2.24, 2.45) is 17.4 Å². The van der Waals surface area contributed by atoms with E-state index in [0.717, 1.165) is 5.56 Å². The second-order valence-corrected chi connectivity index (χ2v) is 14.5. The van der Waals surface area contributed by atoms with Gasteiger partial charge in [0.1, 0.15) is 42.0 Å². The van der Waals surface area contributed by atoms with Crippen molar-refractivity contribution in [1.29, 1.82) is 0 Å². The van der Waals surface area contributed by atoms with Crippen LogP contribution in [0.15, 0.2) is 67.1 Å². The molecular formula is C40H54N10O11. The van der Waals surface area contributed by atoms with E-state index in [2.05, 4.69) is 41.9 Å². The number of hydrogen-bond donors (Lipinski definition) is 12. The van der Waals surface area contributed by atoms with Gasteiger partial charge in [-0.15, -0.1) is 0 Å². The van der Waals surface area contributed by atoms with Crippen molar-refractivity contribution in [1.82, 2.24) is 41.9 Å². The lowest BCUT2D eigenvalue weighted by Gasteiger charge is -2.28. The summed E-state index contributed by atoms with van der Waals surface area (Å²) in [5, 5.41) is 43.8. The zero-order valence-electron chi connectivity index (χ0n) is 33.9. The summed E-state index contributed by atoms with van der Waals surface area (Å²) < 4.78 is 0. The van der Waals surface area contributed by atoms with Gasteiger partial charge in [0.2, 0.25) is 41.4 Å². The van der Waals surface area contributed by atoms with E-state index < -0.39 is 109 Å². The number of amides is 7. The quantitative estimate of drug-likeness (QED) is 0.0441. The minimum absolute atomic E-state index is 0.0375. The minimum atomic E-state index is -1.74. The standard InChI is InChI=1S/C40H54N10O11/c1-4-21(2)33(50-35(55)27(41)14-23-8-6-5-7-9-23)39(59)49-31(19-51)38(58)47-29(17-32(42)53)37(57)46-28(16-25-18-43-20-44-25)36(56)45-22(3)34(54)48-30(40(60)61)15-24-10-12-26(52)13-11-24/h5-13,18,20-22,27-31,33,51-52H,4,14-17,19,41H2,1-3H3,(H2,42,53)(H,43,44)(H,45,56)(H,46,57)(H,47,58)(H,48,54)(H,49,59)(H,50,55)(H,60,61)/t21-,22-,27-,28-,29-,30-,31-,33-/m0/s1. The van der Waals surface area contributed by atoms with Crippen LogP contribution in [0.2, 0.25) is 0 Å². The van der Waals surface area contributed by atoms with Crippen LogP contribution in [0.5, 0.6) is 5.75 Å². The number of carbonyl (C=O) groups is 8. The molecule has 0 fully saturated rings. The monoisotopic (exact) mass is 850 g/mol. The van der Waals surface area contributed by atoms with Crippen LogP contribution in [0, 0.1) is 5.92 Å². The first-order chi connectivity index (χ1) is 28.9. The van der Waals surface area contributed by atoms with Gasteiger partial charge in [-0.05, 0) is 42.5 Å². The molecule has 0 saturated heterocycles. The normalized spacial score (nSPS) is 14.9. The zero-order chi connectivity index (χ0) is 45.2. The van der Waals surface area contributed by atoms with E-state index in [1.807, 2.05) is 6.07 Å². The zero-order valence-corrected chi connectivity index (χ0v) is 33.9. The SMILES string of the molecule is CC[C@H](C)[C@H](NC(=O)[C@@H](N)Cc1ccccc1)C(=O)N[C@@H](CO)C(=O)N[C@@H](CC(N)=O)C(=O)N[C@@H](Cc1cnc[nH]1)C(=O)N[C@@H](C)C(=O)N[C@@H](Cc1ccc(O)cc1)C(=O)O. The largest absolute Gasteiger partial charge is 0.508 e. The van der Waals surface area contributed by atoms with Gasteiger partial charge in [0.25, 0.3) is 0 Å². The first-order valence-corrected chi connectivity index (χ1v) is 19.4. The molecule has 8 atom stereocenters. The third-order valence-electron chi connectivity index (χ3n) is 9.64. The van der Waals surface area contributed by atoms with Crippen molar-refractivity contribution in [2.75, 3.05) is 6.61 Å². The molecule has 0 saturated carbocycles. The number of rotatable bonds is 24. The summed E-state index contributed by atoms with van der Waals surface area (Å²) in [6.07, 6.45) is 2.08. The highest BCUT2D eigenvalue weighted by Crippen LogP contribution is 2.13. The number of imidazole rings is 1. The molecule has 14 N–H and O–H groups in total. The van der Waals surface area contributed by atoms with Gasteiger partial charge in [-0.2, -0.15) is 0 Å². The summed E-state index contributed by atoms with van der Waals surface area (Å²) in [5.74, 6) is -8.40. The number of hydrogen-bond acceptors (Lipinski definition) is 12. The molecule has 1 heterocycles. The lowest BCUT2D eigenvalue weighted by Crippen LogP contribution is -2.61. The van der Waals surface area contributed by atoms with E-state index in [0.29, 0.717) is 17.7 Å². The maximum absolute atomic E-state index is 13.7. The Morgan fingerprint density at radius 3 is 1.84 bits per heavy atom. The predicted octanol–water partition coefficient (Wildman–Crippen LogP) is -2.60. The molecule has 0 aliphatic heterocycles. The molecule has 3 rings (SSSR count). The van der Waals surface area contributed by atoms with Gasteiger partial charge in [-0.3, -0.25) is 33.6 Å². The fraction of sp³-hybridized carbons (Fsp3) is 0.425. The summed E-state index contributed by atoms with van der Waals surface area (Å²) in [6, 6.07) is 4.78. The number of aliphatic hydroxyl groups excluding tert-OH is 1. The number of nitrogens with zero attached hydrogens (tertiary/aromatic N) is 1. The molecule has 1 aromatic heterocycles. The number of aromatic amines is 1. The van der Waals surface area contributed by atoms with Crippen molar-refractivity contribution in [2.45, 2.75) is 95.2 Å². The number of nitrogens with two attached hydrogens (primary N) is 2. The molecule has 0 aliphatic rings. The fourth-order valence-electron chi connectivity index (χ4n) is 5.90. The maximum Gasteiger partial charge on any atom is 0.326 e. The molecule has 0 unspecified atom stereocenters. The number of aromatic nitrogens is 2. The Hall–Kier alpha value is -6.87. The van der Waals surface area contributed by atoms with Crippen molar-refractivity contribution >= 4 is 47.3 Å². The van der Waals surface area contributed by atoms with Crippen LogP contribution in [-0.2, 0) is 57.6 Å². The van der Waals surface area contributed by atoms with E-state index in [9.17, 15) is 53.7 Å². The van der Waals surface area contributed by atoms with E-state index in [1.165, 1.54) is 43.7 Å². The lowest BCUT2D eigenvalue weighted by atomic mass is 9.97. The van der Waals surface area contributed by atoms with Crippen LogP contribution in [-0.4, -0.2) is 122 Å². The summed E-state index contributed by atoms with van der Waals surface area (Å²) in [5.41, 5.74) is 13.1. The molecule has 21 heteroatoms. The van der Waals surface area contributed by atoms with Gasteiger partial charge in [0.15, 0.2) is 0 Å². The Morgan fingerprint density at radius 1 is 0.689 bits per heavy atom. The summed E-state index contributed by atoms with van der Waals surface area (Å²) in [7, 11) is 0. The van der Waals surface area contributed by atoms with Crippen LogP contribution in [0.1, 0.15) is 50.4 Å². The predicted molar refractivity (Wildman–Crippen MR) is 217 cm³/mol. The van der Waals surface area contributed by atoms with Crippen LogP contribution >= 0.6 is 0 Å². The number of benzene rings is 2. The van der Waals surface area contributed by atoms with Gasteiger partial charge in [0.05, 0.1) is 25.4 Å². The third kappa shape index (κ3) is 15.7. The second-order valence-electron chi connectivity index (χ2n) is 14.5. The first-order valence-electron chi connectivity index (χ1n) is 19.4. The molecule has 2 aromatic carbocycles.